The Morgan fingerprint density at radius 3 is 2.38 bits per heavy atom. The van der Waals surface area contributed by atoms with E-state index >= 15 is 0 Å². The first-order valence-electron chi connectivity index (χ1n) is 9.66. The molecule has 0 aliphatic rings. The summed E-state index contributed by atoms with van der Waals surface area (Å²) in [6.45, 7) is 0. The third-order valence-corrected chi connectivity index (χ3v) is 5.32. The Balaban J connectivity index is 1.80. The van der Waals surface area contributed by atoms with Crippen LogP contribution < -0.4 is 20.5 Å². The maximum atomic E-state index is 13.4. The van der Waals surface area contributed by atoms with Crippen LogP contribution in [0.1, 0.15) is 26.4 Å². The number of halogens is 1. The minimum Gasteiger partial charge on any atom is -0.493 e. The van der Waals surface area contributed by atoms with Crippen molar-refractivity contribution >= 4 is 40.2 Å². The smallest absolute Gasteiger partial charge is 0.259 e. The van der Waals surface area contributed by atoms with E-state index in [1.165, 1.54) is 14.2 Å². The second-order valence-corrected chi connectivity index (χ2v) is 7.39. The molecule has 162 valence electrons. The molecular weight excluding hydrogens is 430 g/mol. The number of methoxy groups -OCH3 is 2. The molecule has 0 radical (unpaired) electrons. The number of rotatable bonds is 6. The van der Waals surface area contributed by atoms with Crippen molar-refractivity contribution in [2.24, 2.45) is 0 Å². The molecule has 0 spiro atoms. The van der Waals surface area contributed by atoms with Gasteiger partial charge < -0.3 is 24.9 Å². The van der Waals surface area contributed by atoms with Crippen LogP contribution in [0.15, 0.2) is 66.9 Å². The highest BCUT2D eigenvalue weighted by atomic mass is 35.5. The van der Waals surface area contributed by atoms with Crippen molar-refractivity contribution < 1.29 is 19.1 Å². The largest absolute Gasteiger partial charge is 0.493 e. The lowest BCUT2D eigenvalue weighted by Gasteiger charge is -2.09. The number of hydrogen-bond acceptors (Lipinski definition) is 5. The van der Waals surface area contributed by atoms with Crippen molar-refractivity contribution in [1.82, 2.24) is 4.40 Å². The summed E-state index contributed by atoms with van der Waals surface area (Å²) < 4.78 is 12.2. The fourth-order valence-corrected chi connectivity index (χ4v) is 3.67. The van der Waals surface area contributed by atoms with Crippen molar-refractivity contribution in [3.05, 3.63) is 88.7 Å². The molecule has 4 rings (SSSR count). The van der Waals surface area contributed by atoms with Crippen LogP contribution in [0, 0.1) is 0 Å². The van der Waals surface area contributed by atoms with Gasteiger partial charge in [0.05, 0.1) is 31.0 Å². The molecule has 0 atom stereocenters. The topological polar surface area (TPSA) is 95.1 Å². The number of benzene rings is 2. The van der Waals surface area contributed by atoms with E-state index < -0.39 is 5.91 Å². The monoisotopic (exact) mass is 449 g/mol. The van der Waals surface area contributed by atoms with Gasteiger partial charge in [-0.2, -0.15) is 0 Å². The molecule has 0 aliphatic heterocycles. The highest BCUT2D eigenvalue weighted by Crippen LogP contribution is 2.32. The van der Waals surface area contributed by atoms with E-state index in [2.05, 4.69) is 5.32 Å². The lowest BCUT2D eigenvalue weighted by atomic mass is 10.1. The minimum absolute atomic E-state index is 0.0856. The van der Waals surface area contributed by atoms with Crippen LogP contribution in [0.4, 0.5) is 11.4 Å². The van der Waals surface area contributed by atoms with E-state index in [9.17, 15) is 9.59 Å². The van der Waals surface area contributed by atoms with Crippen LogP contribution in [-0.4, -0.2) is 30.3 Å². The lowest BCUT2D eigenvalue weighted by Crippen LogP contribution is -2.14. The number of fused-ring (bicyclic) bond motifs is 1. The molecular formula is C24H20ClN3O4. The van der Waals surface area contributed by atoms with Crippen LogP contribution in [-0.2, 0) is 0 Å². The van der Waals surface area contributed by atoms with E-state index in [1.54, 1.807) is 71.3 Å². The van der Waals surface area contributed by atoms with Crippen LogP contribution in [0.5, 0.6) is 11.5 Å². The van der Waals surface area contributed by atoms with Gasteiger partial charge in [0.2, 0.25) is 5.78 Å². The number of nitrogens with zero attached hydrogens (tertiary/aromatic N) is 1. The molecule has 0 bridgehead atoms. The molecule has 2 aromatic carbocycles. The summed E-state index contributed by atoms with van der Waals surface area (Å²) in [6, 6.07) is 16.8. The van der Waals surface area contributed by atoms with E-state index in [0.29, 0.717) is 33.3 Å². The normalized spacial score (nSPS) is 10.7. The number of ketones is 1. The summed E-state index contributed by atoms with van der Waals surface area (Å²) in [5.74, 6) is 0.133. The molecule has 8 heteroatoms. The zero-order valence-corrected chi connectivity index (χ0v) is 18.1. The minimum atomic E-state index is -0.431. The number of nitrogens with two attached hydrogens (primary N) is 1. The summed E-state index contributed by atoms with van der Waals surface area (Å²) >= 11 is 5.92. The number of pyridine rings is 1. The molecule has 3 N–H and O–H groups in total. The van der Waals surface area contributed by atoms with Gasteiger partial charge in [-0.15, -0.1) is 0 Å². The summed E-state index contributed by atoms with van der Waals surface area (Å²) in [5, 5.41) is 3.36. The number of nitrogen functional groups attached to an aromatic ring is 1. The maximum absolute atomic E-state index is 13.4. The number of carbonyl (C=O) groups is 2. The molecule has 0 saturated carbocycles. The SMILES string of the molecule is COc1ccc(C(=O)c2c(N)c(C(=O)Nc3ccc(Cl)cc3)c3ccccn23)cc1OC. The summed E-state index contributed by atoms with van der Waals surface area (Å²) in [4.78, 5) is 26.5. The lowest BCUT2D eigenvalue weighted by molar-refractivity contribution is 0.102. The number of hydrogen-bond donors (Lipinski definition) is 2. The highest BCUT2D eigenvalue weighted by Gasteiger charge is 2.26. The second kappa shape index (κ2) is 8.64. The summed E-state index contributed by atoms with van der Waals surface area (Å²) in [5.41, 5.74) is 8.29. The highest BCUT2D eigenvalue weighted by molar-refractivity contribution is 6.30. The van der Waals surface area contributed by atoms with E-state index in [1.807, 2.05) is 0 Å². The molecule has 0 aliphatic carbocycles. The van der Waals surface area contributed by atoms with Gasteiger partial charge in [-0.3, -0.25) is 9.59 Å². The Bertz CT molecular complexity index is 1330. The van der Waals surface area contributed by atoms with Crippen LogP contribution in [0.2, 0.25) is 5.02 Å². The molecule has 1 amide bonds. The predicted octanol–water partition coefficient (Wildman–Crippen LogP) is 4.68. The fraction of sp³-hybridized carbons (Fsp3) is 0.0833. The molecule has 4 aromatic rings. The Kier molecular flexibility index (Phi) is 5.75. The van der Waals surface area contributed by atoms with Crippen molar-refractivity contribution in [1.29, 1.82) is 0 Å². The average Bonchev–Trinajstić information content (AvgIpc) is 3.11. The van der Waals surface area contributed by atoms with Crippen molar-refractivity contribution in [3.63, 3.8) is 0 Å². The van der Waals surface area contributed by atoms with E-state index in [4.69, 9.17) is 26.8 Å². The van der Waals surface area contributed by atoms with Crippen molar-refractivity contribution in [2.45, 2.75) is 0 Å². The van der Waals surface area contributed by atoms with E-state index in [-0.39, 0.29) is 22.7 Å². The van der Waals surface area contributed by atoms with Gasteiger partial charge in [-0.25, -0.2) is 0 Å². The Morgan fingerprint density at radius 2 is 1.69 bits per heavy atom. The van der Waals surface area contributed by atoms with Crippen molar-refractivity contribution in [3.8, 4) is 11.5 Å². The Morgan fingerprint density at radius 1 is 0.969 bits per heavy atom. The third kappa shape index (κ3) is 3.74. The van der Waals surface area contributed by atoms with Crippen molar-refractivity contribution in [2.75, 3.05) is 25.3 Å². The zero-order chi connectivity index (χ0) is 22.8. The predicted molar refractivity (Wildman–Crippen MR) is 124 cm³/mol. The van der Waals surface area contributed by atoms with Crippen LogP contribution in [0.25, 0.3) is 5.52 Å². The van der Waals surface area contributed by atoms with Gasteiger partial charge in [0.15, 0.2) is 11.5 Å². The first-order valence-corrected chi connectivity index (χ1v) is 10.0. The molecule has 7 nitrogen and oxygen atoms in total. The summed E-state index contributed by atoms with van der Waals surface area (Å²) in [6.07, 6.45) is 1.69. The number of nitrogens with one attached hydrogen (secondary N) is 1. The number of carbonyl (C=O) groups excluding carboxylic acids is 2. The quantitative estimate of drug-likeness (QED) is 0.417. The Labute approximate surface area is 189 Å². The number of amides is 1. The zero-order valence-electron chi connectivity index (χ0n) is 17.4. The van der Waals surface area contributed by atoms with E-state index in [0.717, 1.165) is 0 Å². The maximum Gasteiger partial charge on any atom is 0.259 e. The van der Waals surface area contributed by atoms with Gasteiger partial charge in [0.25, 0.3) is 5.91 Å². The molecule has 0 unspecified atom stereocenters. The molecule has 0 fully saturated rings. The number of aromatic nitrogens is 1. The fourth-order valence-electron chi connectivity index (χ4n) is 3.54. The second-order valence-electron chi connectivity index (χ2n) is 6.95. The molecule has 2 heterocycles. The van der Waals surface area contributed by atoms with Gasteiger partial charge in [-0.1, -0.05) is 17.7 Å². The standard InChI is InChI=1S/C24H20ClN3O4/c1-31-18-11-6-14(13-19(18)32-2)23(29)22-21(26)20(17-5-3-4-12-28(17)22)24(30)27-16-9-7-15(25)8-10-16/h3-13H,26H2,1-2H3,(H,27,30). The molecule has 0 saturated heterocycles. The third-order valence-electron chi connectivity index (χ3n) is 5.07. The van der Waals surface area contributed by atoms with Gasteiger partial charge in [0.1, 0.15) is 5.69 Å². The summed E-state index contributed by atoms with van der Waals surface area (Å²) in [7, 11) is 3.01. The average molecular weight is 450 g/mol. The number of anilines is 2. The first-order chi connectivity index (χ1) is 15.4. The Hall–Kier alpha value is -3.97. The van der Waals surface area contributed by atoms with Crippen LogP contribution >= 0.6 is 11.6 Å². The van der Waals surface area contributed by atoms with Gasteiger partial charge in [0, 0.05) is 22.5 Å². The molecule has 2 aromatic heterocycles. The van der Waals surface area contributed by atoms with Gasteiger partial charge in [-0.05, 0) is 54.6 Å². The molecule has 32 heavy (non-hydrogen) atoms. The van der Waals surface area contributed by atoms with Crippen LogP contribution in [0.3, 0.4) is 0 Å². The first kappa shape index (κ1) is 21.3. The number of ether oxygens (including phenoxy) is 2. The van der Waals surface area contributed by atoms with Gasteiger partial charge >= 0.3 is 0 Å².